The number of rotatable bonds is 7. The summed E-state index contributed by atoms with van der Waals surface area (Å²) >= 11 is 1.89. The molecule has 0 radical (unpaired) electrons. The van der Waals surface area contributed by atoms with Gasteiger partial charge in [0.2, 0.25) is 0 Å². The summed E-state index contributed by atoms with van der Waals surface area (Å²) in [7, 11) is 0. The molecule has 1 aromatic heterocycles. The van der Waals surface area contributed by atoms with Crippen molar-refractivity contribution in [3.8, 4) is 0 Å². The third-order valence-electron chi connectivity index (χ3n) is 4.59. The van der Waals surface area contributed by atoms with Crippen LogP contribution in [0.3, 0.4) is 0 Å². The third kappa shape index (κ3) is 3.75. The van der Waals surface area contributed by atoms with Crippen LogP contribution >= 0.6 is 11.3 Å². The number of hydrogen-bond donors (Lipinski definition) is 1. The number of aryl methyl sites for hydroxylation is 1. The fourth-order valence-electron chi connectivity index (χ4n) is 3.46. The normalized spacial score (nSPS) is 16.0. The second kappa shape index (κ2) is 7.24. The zero-order valence-electron chi connectivity index (χ0n) is 12.8. The molecular weight excluding hydrogens is 274 g/mol. The van der Waals surface area contributed by atoms with Crippen molar-refractivity contribution in [1.82, 2.24) is 5.32 Å². The van der Waals surface area contributed by atoms with Gasteiger partial charge in [0.25, 0.3) is 0 Å². The van der Waals surface area contributed by atoms with Gasteiger partial charge in [0.15, 0.2) is 0 Å². The molecule has 0 saturated carbocycles. The molecule has 2 aromatic rings. The van der Waals surface area contributed by atoms with Crippen LogP contribution in [0, 0.1) is 5.92 Å². The van der Waals surface area contributed by atoms with Gasteiger partial charge in [0.05, 0.1) is 0 Å². The molecule has 0 saturated heterocycles. The number of benzene rings is 1. The summed E-state index contributed by atoms with van der Waals surface area (Å²) in [5.74, 6) is 0.772. The Morgan fingerprint density at radius 3 is 2.52 bits per heavy atom. The second-order valence-electron chi connectivity index (χ2n) is 6.12. The first-order chi connectivity index (χ1) is 10.4. The van der Waals surface area contributed by atoms with Crippen molar-refractivity contribution in [1.29, 1.82) is 0 Å². The Hall–Kier alpha value is -1.12. The molecule has 0 bridgehead atoms. The van der Waals surface area contributed by atoms with E-state index >= 15 is 0 Å². The van der Waals surface area contributed by atoms with Gasteiger partial charge < -0.3 is 5.32 Å². The van der Waals surface area contributed by atoms with Gasteiger partial charge in [0, 0.05) is 10.9 Å². The average molecular weight is 299 g/mol. The largest absolute Gasteiger partial charge is 0.314 e. The number of fused-ring (bicyclic) bond motifs is 1. The van der Waals surface area contributed by atoms with Crippen LogP contribution < -0.4 is 5.32 Å². The molecule has 21 heavy (non-hydrogen) atoms. The smallest absolute Gasteiger partial charge is 0.0105 e. The molecule has 1 aromatic carbocycles. The van der Waals surface area contributed by atoms with Crippen LogP contribution in [0.2, 0.25) is 0 Å². The van der Waals surface area contributed by atoms with E-state index in [-0.39, 0.29) is 0 Å². The predicted molar refractivity (Wildman–Crippen MR) is 92.1 cm³/mol. The van der Waals surface area contributed by atoms with Crippen molar-refractivity contribution < 1.29 is 0 Å². The Balaban J connectivity index is 1.62. The van der Waals surface area contributed by atoms with Crippen LogP contribution in [0.4, 0.5) is 0 Å². The molecule has 1 unspecified atom stereocenters. The molecule has 1 N–H and O–H groups in total. The molecule has 3 rings (SSSR count). The van der Waals surface area contributed by atoms with Crippen molar-refractivity contribution >= 4 is 11.3 Å². The van der Waals surface area contributed by atoms with Gasteiger partial charge in [-0.3, -0.25) is 0 Å². The van der Waals surface area contributed by atoms with E-state index in [2.05, 4.69) is 54.0 Å². The molecule has 0 fully saturated rings. The number of hydrogen-bond acceptors (Lipinski definition) is 2. The fourth-order valence-corrected chi connectivity index (χ4v) is 4.19. The van der Waals surface area contributed by atoms with Crippen LogP contribution in [0.15, 0.2) is 41.8 Å². The summed E-state index contributed by atoms with van der Waals surface area (Å²) in [6.45, 7) is 3.40. The molecule has 1 atom stereocenters. The van der Waals surface area contributed by atoms with E-state index in [1.165, 1.54) is 37.0 Å². The van der Waals surface area contributed by atoms with E-state index < -0.39 is 0 Å². The minimum atomic E-state index is 0.652. The van der Waals surface area contributed by atoms with Gasteiger partial charge in [-0.15, -0.1) is 11.3 Å². The Labute approximate surface area is 132 Å². The van der Waals surface area contributed by atoms with Crippen molar-refractivity contribution in [2.75, 3.05) is 6.54 Å². The minimum absolute atomic E-state index is 0.652. The summed E-state index contributed by atoms with van der Waals surface area (Å²) in [6, 6.07) is 14.1. The van der Waals surface area contributed by atoms with Gasteiger partial charge in [-0.1, -0.05) is 37.3 Å². The van der Waals surface area contributed by atoms with E-state index in [0.717, 1.165) is 12.5 Å². The first-order valence-corrected chi connectivity index (χ1v) is 9.07. The Morgan fingerprint density at radius 1 is 1.14 bits per heavy atom. The van der Waals surface area contributed by atoms with Crippen LogP contribution in [0.5, 0.6) is 0 Å². The Morgan fingerprint density at radius 2 is 1.90 bits per heavy atom. The van der Waals surface area contributed by atoms with Gasteiger partial charge in [0.1, 0.15) is 0 Å². The lowest BCUT2D eigenvalue weighted by Crippen LogP contribution is -2.37. The van der Waals surface area contributed by atoms with E-state index in [1.54, 1.807) is 11.1 Å². The maximum Gasteiger partial charge on any atom is 0.0105 e. The molecule has 1 nitrogen and oxygen atoms in total. The van der Waals surface area contributed by atoms with Crippen molar-refractivity contribution in [2.45, 2.75) is 45.1 Å². The summed E-state index contributed by atoms with van der Waals surface area (Å²) in [6.07, 6.45) is 6.20. The molecule has 1 aliphatic rings. The zero-order chi connectivity index (χ0) is 14.5. The maximum atomic E-state index is 3.81. The van der Waals surface area contributed by atoms with Crippen LogP contribution in [-0.4, -0.2) is 12.6 Å². The average Bonchev–Trinajstić information content (AvgIpc) is 3.16. The molecule has 2 heteroatoms. The topological polar surface area (TPSA) is 12.0 Å². The van der Waals surface area contributed by atoms with Crippen LogP contribution in [0.1, 0.15) is 35.8 Å². The van der Waals surface area contributed by atoms with Crippen molar-refractivity contribution in [3.05, 3.63) is 57.8 Å². The highest BCUT2D eigenvalue weighted by Gasteiger charge is 2.27. The van der Waals surface area contributed by atoms with Crippen molar-refractivity contribution in [2.24, 2.45) is 5.92 Å². The number of nitrogens with one attached hydrogen (secondary N) is 1. The third-order valence-corrected chi connectivity index (χ3v) is 5.53. The van der Waals surface area contributed by atoms with E-state index in [4.69, 9.17) is 0 Å². The Kier molecular flexibility index (Phi) is 5.10. The van der Waals surface area contributed by atoms with Crippen LogP contribution in [-0.2, 0) is 19.3 Å². The highest BCUT2D eigenvalue weighted by molar-refractivity contribution is 7.09. The molecule has 0 amide bonds. The molecule has 0 spiro atoms. The first-order valence-electron chi connectivity index (χ1n) is 8.19. The highest BCUT2D eigenvalue weighted by Crippen LogP contribution is 2.30. The lowest BCUT2D eigenvalue weighted by Gasteiger charge is -2.24. The minimum Gasteiger partial charge on any atom is -0.314 e. The zero-order valence-corrected chi connectivity index (χ0v) is 13.7. The monoisotopic (exact) mass is 299 g/mol. The Bertz CT molecular complexity index is 521. The molecule has 1 heterocycles. The summed E-state index contributed by atoms with van der Waals surface area (Å²) < 4.78 is 0. The van der Waals surface area contributed by atoms with Crippen molar-refractivity contribution in [3.63, 3.8) is 0 Å². The molecular formula is C19H25NS. The molecule has 1 aliphatic carbocycles. The van der Waals surface area contributed by atoms with Gasteiger partial charge >= 0.3 is 0 Å². The van der Waals surface area contributed by atoms with Crippen LogP contribution in [0.25, 0.3) is 0 Å². The lowest BCUT2D eigenvalue weighted by molar-refractivity contribution is 0.346. The van der Waals surface area contributed by atoms with E-state index in [0.29, 0.717) is 6.04 Å². The van der Waals surface area contributed by atoms with E-state index in [9.17, 15) is 0 Å². The standard InChI is InChI=1S/C19H25NS/c1-2-11-20-19(10-9-18-8-5-12-21-18)17-13-15-6-3-4-7-16(15)14-17/h3-8,12,17,19-20H,2,9-11,13-14H2,1H3. The highest BCUT2D eigenvalue weighted by atomic mass is 32.1. The molecule has 112 valence electrons. The lowest BCUT2D eigenvalue weighted by atomic mass is 9.92. The maximum absolute atomic E-state index is 3.81. The number of thiophene rings is 1. The summed E-state index contributed by atoms with van der Waals surface area (Å²) in [4.78, 5) is 1.52. The van der Waals surface area contributed by atoms with E-state index in [1.807, 2.05) is 11.3 Å². The quantitative estimate of drug-likeness (QED) is 0.795. The second-order valence-corrected chi connectivity index (χ2v) is 7.15. The fraction of sp³-hybridized carbons (Fsp3) is 0.474. The summed E-state index contributed by atoms with van der Waals surface area (Å²) in [5, 5.41) is 6.00. The predicted octanol–water partition coefficient (Wildman–Crippen LogP) is 4.46. The SMILES string of the molecule is CCCNC(CCc1cccs1)C1Cc2ccccc2C1. The van der Waals surface area contributed by atoms with Gasteiger partial charge in [-0.2, -0.15) is 0 Å². The van der Waals surface area contributed by atoms with Gasteiger partial charge in [-0.05, 0) is 67.1 Å². The van der Waals surface area contributed by atoms with Gasteiger partial charge in [-0.25, -0.2) is 0 Å². The summed E-state index contributed by atoms with van der Waals surface area (Å²) in [5.41, 5.74) is 3.14. The molecule has 0 aliphatic heterocycles. The first kappa shape index (κ1) is 14.8.